The van der Waals surface area contributed by atoms with Gasteiger partial charge >= 0.3 is 0 Å². The Labute approximate surface area is 114 Å². The van der Waals surface area contributed by atoms with Crippen molar-refractivity contribution in [1.82, 2.24) is 9.78 Å². The van der Waals surface area contributed by atoms with E-state index in [0.717, 1.165) is 18.7 Å². The van der Waals surface area contributed by atoms with Crippen molar-refractivity contribution in [1.29, 1.82) is 0 Å². The quantitative estimate of drug-likeness (QED) is 0.895. The molecule has 1 N–H and O–H groups in total. The number of aryl methyl sites for hydroxylation is 3. The zero-order valence-corrected chi connectivity index (χ0v) is 11.9. The van der Waals surface area contributed by atoms with Gasteiger partial charge in [-0.25, -0.2) is 0 Å². The molecule has 2 aromatic rings. The van der Waals surface area contributed by atoms with E-state index < -0.39 is 0 Å². The molecular formula is C16H22N2O. The first kappa shape index (κ1) is 13.8. The number of hydrogen-bond acceptors (Lipinski definition) is 2. The van der Waals surface area contributed by atoms with Crippen LogP contribution in [0.25, 0.3) is 0 Å². The van der Waals surface area contributed by atoms with Crippen LogP contribution < -0.4 is 0 Å². The number of aliphatic hydroxyl groups excluding tert-OH is 1. The number of benzene rings is 1. The van der Waals surface area contributed by atoms with Crippen LogP contribution in [0.15, 0.2) is 30.3 Å². The molecule has 0 saturated heterocycles. The predicted molar refractivity (Wildman–Crippen MR) is 77.3 cm³/mol. The largest absolute Gasteiger partial charge is 0.396 e. The minimum Gasteiger partial charge on any atom is -0.396 e. The molecule has 1 unspecified atom stereocenters. The summed E-state index contributed by atoms with van der Waals surface area (Å²) in [5, 5.41) is 14.1. The molecule has 0 aliphatic heterocycles. The Morgan fingerprint density at radius 2 is 1.89 bits per heavy atom. The highest BCUT2D eigenvalue weighted by Gasteiger charge is 2.14. The summed E-state index contributed by atoms with van der Waals surface area (Å²) in [6.45, 7) is 7.21. The summed E-state index contributed by atoms with van der Waals surface area (Å²) in [4.78, 5) is 0. The van der Waals surface area contributed by atoms with Gasteiger partial charge in [-0.05, 0) is 38.8 Å². The number of rotatable bonds is 5. The molecule has 1 aromatic carbocycles. The van der Waals surface area contributed by atoms with Gasteiger partial charge in [0, 0.05) is 18.2 Å². The maximum atomic E-state index is 9.65. The van der Waals surface area contributed by atoms with Crippen LogP contribution in [0.4, 0.5) is 0 Å². The summed E-state index contributed by atoms with van der Waals surface area (Å²) < 4.78 is 2.02. The van der Waals surface area contributed by atoms with E-state index >= 15 is 0 Å². The van der Waals surface area contributed by atoms with Gasteiger partial charge in [-0.3, -0.25) is 4.68 Å². The lowest BCUT2D eigenvalue weighted by atomic mass is 9.94. The Hall–Kier alpha value is -1.61. The van der Waals surface area contributed by atoms with E-state index in [1.165, 1.54) is 16.8 Å². The molecule has 102 valence electrons. The lowest BCUT2D eigenvalue weighted by molar-refractivity contribution is 0.262. The highest BCUT2D eigenvalue weighted by Crippen LogP contribution is 2.21. The molecule has 19 heavy (non-hydrogen) atoms. The highest BCUT2D eigenvalue weighted by molar-refractivity contribution is 5.26. The van der Waals surface area contributed by atoms with Gasteiger partial charge in [0.2, 0.25) is 0 Å². The predicted octanol–water partition coefficient (Wildman–Crippen LogP) is 2.84. The minimum atomic E-state index is 0.141. The van der Waals surface area contributed by atoms with Gasteiger partial charge in [0.05, 0.1) is 12.3 Å². The van der Waals surface area contributed by atoms with Gasteiger partial charge in [-0.1, -0.05) is 29.8 Å². The smallest absolute Gasteiger partial charge is 0.0596 e. The van der Waals surface area contributed by atoms with Gasteiger partial charge in [-0.2, -0.15) is 5.10 Å². The zero-order valence-electron chi connectivity index (χ0n) is 11.9. The first-order chi connectivity index (χ1) is 9.13. The molecule has 2 rings (SSSR count). The summed E-state index contributed by atoms with van der Waals surface area (Å²) in [6, 6.07) is 10.5. The van der Waals surface area contributed by atoms with Crippen LogP contribution >= 0.6 is 0 Å². The molecule has 1 atom stereocenters. The molecular weight excluding hydrogens is 236 g/mol. The second-order valence-corrected chi connectivity index (χ2v) is 5.09. The average molecular weight is 258 g/mol. The molecule has 0 spiro atoms. The van der Waals surface area contributed by atoms with Gasteiger partial charge < -0.3 is 5.11 Å². The highest BCUT2D eigenvalue weighted by atomic mass is 16.3. The average Bonchev–Trinajstić information content (AvgIpc) is 2.77. The molecule has 3 heteroatoms. The first-order valence-corrected chi connectivity index (χ1v) is 6.84. The molecule has 3 nitrogen and oxygen atoms in total. The third kappa shape index (κ3) is 3.24. The SMILES string of the molecule is CCn1nc(C)cc1CC(CO)c1ccc(C)cc1. The number of aromatic nitrogens is 2. The fourth-order valence-corrected chi connectivity index (χ4v) is 2.42. The molecule has 0 radical (unpaired) electrons. The molecule has 0 aliphatic carbocycles. The summed E-state index contributed by atoms with van der Waals surface area (Å²) >= 11 is 0. The van der Waals surface area contributed by atoms with Crippen molar-refractivity contribution in [2.24, 2.45) is 0 Å². The van der Waals surface area contributed by atoms with Crippen LogP contribution in [0, 0.1) is 13.8 Å². The lowest BCUT2D eigenvalue weighted by Gasteiger charge is -2.15. The van der Waals surface area contributed by atoms with E-state index in [2.05, 4.69) is 49.3 Å². The van der Waals surface area contributed by atoms with Gasteiger partial charge in [0.25, 0.3) is 0 Å². The van der Waals surface area contributed by atoms with E-state index in [0.29, 0.717) is 0 Å². The Morgan fingerprint density at radius 1 is 1.21 bits per heavy atom. The van der Waals surface area contributed by atoms with Crippen LogP contribution in [0.3, 0.4) is 0 Å². The number of aliphatic hydroxyl groups is 1. The fourth-order valence-electron chi connectivity index (χ4n) is 2.42. The Bertz CT molecular complexity index is 528. The van der Waals surface area contributed by atoms with Crippen molar-refractivity contribution >= 4 is 0 Å². The van der Waals surface area contributed by atoms with Gasteiger partial charge in [-0.15, -0.1) is 0 Å². The maximum absolute atomic E-state index is 9.65. The number of nitrogens with zero attached hydrogens (tertiary/aromatic N) is 2. The summed E-state index contributed by atoms with van der Waals surface area (Å²) in [6.07, 6.45) is 0.828. The topological polar surface area (TPSA) is 38.0 Å². The maximum Gasteiger partial charge on any atom is 0.0596 e. The van der Waals surface area contributed by atoms with Crippen molar-refractivity contribution in [3.05, 3.63) is 52.8 Å². The zero-order chi connectivity index (χ0) is 13.8. The Kier molecular flexibility index (Phi) is 4.38. The molecule has 0 fully saturated rings. The lowest BCUT2D eigenvalue weighted by Crippen LogP contribution is -2.12. The Morgan fingerprint density at radius 3 is 2.47 bits per heavy atom. The van der Waals surface area contributed by atoms with Crippen LogP contribution in [-0.4, -0.2) is 21.5 Å². The molecule has 0 amide bonds. The van der Waals surface area contributed by atoms with Crippen LogP contribution in [0.1, 0.15) is 35.4 Å². The molecule has 1 aromatic heterocycles. The first-order valence-electron chi connectivity index (χ1n) is 6.84. The van der Waals surface area contributed by atoms with Crippen LogP contribution in [0.2, 0.25) is 0 Å². The summed E-state index contributed by atoms with van der Waals surface area (Å²) in [5.74, 6) is 0.141. The van der Waals surface area contributed by atoms with Gasteiger partial charge in [0.1, 0.15) is 0 Å². The van der Waals surface area contributed by atoms with Crippen LogP contribution in [-0.2, 0) is 13.0 Å². The molecule has 0 saturated carbocycles. The normalized spacial score (nSPS) is 12.6. The summed E-state index contributed by atoms with van der Waals surface area (Å²) in [5.41, 5.74) is 4.67. The van der Waals surface area contributed by atoms with Gasteiger partial charge in [0.15, 0.2) is 0 Å². The second kappa shape index (κ2) is 6.02. The van der Waals surface area contributed by atoms with Crippen molar-refractivity contribution in [3.63, 3.8) is 0 Å². The van der Waals surface area contributed by atoms with Crippen molar-refractivity contribution in [2.75, 3.05) is 6.61 Å². The molecule has 0 aliphatic rings. The van der Waals surface area contributed by atoms with Crippen molar-refractivity contribution < 1.29 is 5.11 Å². The van der Waals surface area contributed by atoms with E-state index in [-0.39, 0.29) is 12.5 Å². The van der Waals surface area contributed by atoms with E-state index in [4.69, 9.17) is 0 Å². The second-order valence-electron chi connectivity index (χ2n) is 5.09. The third-order valence-electron chi connectivity index (χ3n) is 3.51. The molecule has 0 bridgehead atoms. The van der Waals surface area contributed by atoms with E-state index in [1.807, 2.05) is 11.6 Å². The standard InChI is InChI=1S/C16H22N2O/c1-4-18-16(9-13(3)17-18)10-15(11-19)14-7-5-12(2)6-8-14/h5-9,15,19H,4,10-11H2,1-3H3. The van der Waals surface area contributed by atoms with E-state index in [1.54, 1.807) is 0 Å². The van der Waals surface area contributed by atoms with Crippen molar-refractivity contribution in [2.45, 2.75) is 39.7 Å². The fraction of sp³-hybridized carbons (Fsp3) is 0.438. The molecule has 1 heterocycles. The third-order valence-corrected chi connectivity index (χ3v) is 3.51. The van der Waals surface area contributed by atoms with Crippen LogP contribution in [0.5, 0.6) is 0 Å². The van der Waals surface area contributed by atoms with Crippen molar-refractivity contribution in [3.8, 4) is 0 Å². The van der Waals surface area contributed by atoms with E-state index in [9.17, 15) is 5.11 Å². The summed E-state index contributed by atoms with van der Waals surface area (Å²) in [7, 11) is 0. The minimum absolute atomic E-state index is 0.141. The Balaban J connectivity index is 2.21. The number of hydrogen-bond donors (Lipinski definition) is 1. The monoisotopic (exact) mass is 258 g/mol.